The van der Waals surface area contributed by atoms with E-state index in [0.717, 1.165) is 24.9 Å². The summed E-state index contributed by atoms with van der Waals surface area (Å²) in [5.41, 5.74) is 0.759. The number of halogens is 1. The first-order chi connectivity index (χ1) is 8.16. The molecular weight excluding hydrogens is 238 g/mol. The van der Waals surface area contributed by atoms with Crippen LogP contribution in [0.2, 0.25) is 5.02 Å². The largest absolute Gasteiger partial charge is 0.392 e. The molecule has 1 aliphatic rings. The molecule has 2 rings (SSSR count). The second-order valence-electron chi connectivity index (χ2n) is 4.59. The van der Waals surface area contributed by atoms with Crippen molar-refractivity contribution in [2.75, 3.05) is 19.6 Å². The van der Waals surface area contributed by atoms with E-state index in [4.69, 9.17) is 11.6 Å². The van der Waals surface area contributed by atoms with E-state index >= 15 is 0 Å². The van der Waals surface area contributed by atoms with Crippen LogP contribution in [-0.2, 0) is 0 Å². The number of hydrogen-bond donors (Lipinski definition) is 2. The molecule has 94 valence electrons. The molecule has 0 bridgehead atoms. The van der Waals surface area contributed by atoms with E-state index in [-0.39, 0.29) is 6.10 Å². The molecule has 0 aromatic heterocycles. The van der Waals surface area contributed by atoms with Crippen LogP contribution in [0.15, 0.2) is 24.3 Å². The quantitative estimate of drug-likeness (QED) is 0.866. The topological polar surface area (TPSA) is 43.7 Å². The number of β-amino-alcohol motifs (C(OH)–C–C–N with tert-alkyl or cyclic N) is 2. The van der Waals surface area contributed by atoms with Gasteiger partial charge in [0.1, 0.15) is 0 Å². The summed E-state index contributed by atoms with van der Waals surface area (Å²) in [6.07, 6.45) is 0.992. The second-order valence-corrected chi connectivity index (χ2v) is 5.00. The van der Waals surface area contributed by atoms with Crippen molar-refractivity contribution in [3.05, 3.63) is 34.9 Å². The van der Waals surface area contributed by atoms with Crippen LogP contribution in [0.5, 0.6) is 0 Å². The van der Waals surface area contributed by atoms with Gasteiger partial charge in [0.05, 0.1) is 12.2 Å². The molecule has 1 fully saturated rings. The van der Waals surface area contributed by atoms with E-state index in [1.807, 2.05) is 18.2 Å². The zero-order valence-corrected chi connectivity index (χ0v) is 10.5. The lowest BCUT2D eigenvalue weighted by atomic mass is 10.1. The number of benzene rings is 1. The Labute approximate surface area is 107 Å². The Bertz CT molecular complexity index is 372. The van der Waals surface area contributed by atoms with E-state index in [1.54, 1.807) is 6.07 Å². The highest BCUT2D eigenvalue weighted by molar-refractivity contribution is 6.31. The average Bonchev–Trinajstić information content (AvgIpc) is 2.29. The zero-order chi connectivity index (χ0) is 12.3. The predicted octanol–water partition coefficient (Wildman–Crippen LogP) is 1.83. The zero-order valence-electron chi connectivity index (χ0n) is 9.72. The summed E-state index contributed by atoms with van der Waals surface area (Å²) in [4.78, 5) is 2.09. The number of hydrogen-bond acceptors (Lipinski definition) is 3. The van der Waals surface area contributed by atoms with Gasteiger partial charge in [0.25, 0.3) is 0 Å². The maximum atomic E-state index is 10.1. The highest BCUT2D eigenvalue weighted by Crippen LogP contribution is 2.24. The molecule has 1 saturated heterocycles. The maximum absolute atomic E-state index is 10.1. The van der Waals surface area contributed by atoms with Crippen LogP contribution in [-0.4, -0.2) is 40.9 Å². The molecule has 17 heavy (non-hydrogen) atoms. The minimum absolute atomic E-state index is 0.262. The summed E-state index contributed by atoms with van der Waals surface area (Å²) in [6, 6.07) is 7.34. The molecule has 1 aromatic rings. The first-order valence-electron chi connectivity index (χ1n) is 5.99. The van der Waals surface area contributed by atoms with Gasteiger partial charge in [-0.25, -0.2) is 0 Å². The highest BCUT2D eigenvalue weighted by atomic mass is 35.5. The van der Waals surface area contributed by atoms with Crippen molar-refractivity contribution in [2.45, 2.75) is 25.0 Å². The van der Waals surface area contributed by atoms with E-state index in [1.165, 1.54) is 0 Å². The lowest BCUT2D eigenvalue weighted by Gasteiger charge is -2.31. The first kappa shape index (κ1) is 12.8. The van der Waals surface area contributed by atoms with Crippen LogP contribution >= 0.6 is 11.6 Å². The van der Waals surface area contributed by atoms with Crippen molar-refractivity contribution in [1.29, 1.82) is 0 Å². The number of rotatable bonds is 3. The van der Waals surface area contributed by atoms with Crippen molar-refractivity contribution in [3.63, 3.8) is 0 Å². The van der Waals surface area contributed by atoms with E-state index in [9.17, 15) is 10.2 Å². The summed E-state index contributed by atoms with van der Waals surface area (Å²) in [5.74, 6) is 0. The molecule has 0 unspecified atom stereocenters. The van der Waals surface area contributed by atoms with Crippen molar-refractivity contribution in [1.82, 2.24) is 4.90 Å². The lowest BCUT2D eigenvalue weighted by Crippen LogP contribution is -2.40. The minimum atomic E-state index is -0.589. The van der Waals surface area contributed by atoms with Crippen LogP contribution in [0.3, 0.4) is 0 Å². The summed E-state index contributed by atoms with van der Waals surface area (Å²) >= 11 is 6.04. The Kier molecular flexibility index (Phi) is 4.40. The number of aliphatic hydroxyl groups excluding tert-OH is 2. The molecule has 0 aliphatic carbocycles. The van der Waals surface area contributed by atoms with Gasteiger partial charge in [0.2, 0.25) is 0 Å². The van der Waals surface area contributed by atoms with Gasteiger partial charge in [0.15, 0.2) is 0 Å². The van der Waals surface area contributed by atoms with Gasteiger partial charge in [-0.3, -0.25) is 4.90 Å². The minimum Gasteiger partial charge on any atom is -0.392 e. The fourth-order valence-corrected chi connectivity index (χ4v) is 2.55. The fraction of sp³-hybridized carbons (Fsp3) is 0.538. The van der Waals surface area contributed by atoms with Gasteiger partial charge in [-0.05, 0) is 25.5 Å². The monoisotopic (exact) mass is 255 g/mol. The SMILES string of the molecule is O[C@H]1CCCN(C[C@H](O)c2ccccc2Cl)C1. The summed E-state index contributed by atoms with van der Waals surface area (Å²) in [5, 5.41) is 20.3. The van der Waals surface area contributed by atoms with Crippen molar-refractivity contribution in [2.24, 2.45) is 0 Å². The summed E-state index contributed by atoms with van der Waals surface area (Å²) < 4.78 is 0. The molecule has 1 heterocycles. The third-order valence-corrected chi connectivity index (χ3v) is 3.52. The Morgan fingerprint density at radius 3 is 2.88 bits per heavy atom. The van der Waals surface area contributed by atoms with Crippen molar-refractivity contribution >= 4 is 11.6 Å². The highest BCUT2D eigenvalue weighted by Gasteiger charge is 2.21. The molecule has 0 radical (unpaired) electrons. The molecule has 1 aliphatic heterocycles. The van der Waals surface area contributed by atoms with Crippen LogP contribution in [0, 0.1) is 0 Å². The van der Waals surface area contributed by atoms with E-state index in [0.29, 0.717) is 18.1 Å². The molecule has 2 atom stereocenters. The third kappa shape index (κ3) is 3.42. The second kappa shape index (κ2) is 5.83. The predicted molar refractivity (Wildman–Crippen MR) is 68.1 cm³/mol. The van der Waals surface area contributed by atoms with Gasteiger partial charge in [-0.15, -0.1) is 0 Å². The van der Waals surface area contributed by atoms with Crippen LogP contribution in [0.25, 0.3) is 0 Å². The number of likely N-dealkylation sites (tertiary alicyclic amines) is 1. The van der Waals surface area contributed by atoms with Crippen molar-refractivity contribution < 1.29 is 10.2 Å². The summed E-state index contributed by atoms with van der Waals surface area (Å²) in [6.45, 7) is 2.10. The van der Waals surface area contributed by atoms with Crippen LogP contribution in [0.4, 0.5) is 0 Å². The molecule has 3 nitrogen and oxygen atoms in total. The number of nitrogens with zero attached hydrogens (tertiary/aromatic N) is 1. The van der Waals surface area contributed by atoms with Crippen LogP contribution in [0.1, 0.15) is 24.5 Å². The number of piperidine rings is 1. The average molecular weight is 256 g/mol. The Morgan fingerprint density at radius 2 is 2.18 bits per heavy atom. The normalized spacial score (nSPS) is 23.6. The van der Waals surface area contributed by atoms with Gasteiger partial charge in [-0.2, -0.15) is 0 Å². The first-order valence-corrected chi connectivity index (χ1v) is 6.37. The van der Waals surface area contributed by atoms with E-state index in [2.05, 4.69) is 4.90 Å². The molecule has 0 spiro atoms. The number of aliphatic hydroxyl groups is 2. The molecule has 1 aromatic carbocycles. The van der Waals surface area contributed by atoms with Gasteiger partial charge in [0, 0.05) is 23.7 Å². The maximum Gasteiger partial charge on any atom is 0.0931 e. The molecule has 0 saturated carbocycles. The van der Waals surface area contributed by atoms with Crippen LogP contribution < -0.4 is 0 Å². The fourth-order valence-electron chi connectivity index (χ4n) is 2.29. The molecule has 4 heteroatoms. The Balaban J connectivity index is 1.97. The van der Waals surface area contributed by atoms with Crippen molar-refractivity contribution in [3.8, 4) is 0 Å². The van der Waals surface area contributed by atoms with Gasteiger partial charge >= 0.3 is 0 Å². The smallest absolute Gasteiger partial charge is 0.0931 e. The lowest BCUT2D eigenvalue weighted by molar-refractivity contribution is 0.0392. The molecule has 0 amide bonds. The molecular formula is C13H18ClNO2. The molecule has 2 N–H and O–H groups in total. The summed E-state index contributed by atoms with van der Waals surface area (Å²) in [7, 11) is 0. The standard InChI is InChI=1S/C13H18ClNO2/c14-12-6-2-1-5-11(12)13(17)9-15-7-3-4-10(16)8-15/h1-2,5-6,10,13,16-17H,3-4,7-9H2/t10-,13-/m0/s1. The van der Waals surface area contributed by atoms with Gasteiger partial charge in [-0.1, -0.05) is 29.8 Å². The Hall–Kier alpha value is -0.610. The third-order valence-electron chi connectivity index (χ3n) is 3.18. The Morgan fingerprint density at radius 1 is 1.41 bits per heavy atom. The van der Waals surface area contributed by atoms with Gasteiger partial charge < -0.3 is 10.2 Å². The van der Waals surface area contributed by atoms with E-state index < -0.39 is 6.10 Å².